The number of rotatable bonds is 5. The Morgan fingerprint density at radius 3 is 2.53 bits per heavy atom. The Hall–Kier alpha value is -0.960. The van der Waals surface area contributed by atoms with Crippen LogP contribution in [0.3, 0.4) is 0 Å². The van der Waals surface area contributed by atoms with Crippen LogP contribution in [-0.4, -0.2) is 35.4 Å². The molecule has 6 nitrogen and oxygen atoms in total. The molecule has 0 aromatic heterocycles. The summed E-state index contributed by atoms with van der Waals surface area (Å²) >= 11 is 0. The van der Waals surface area contributed by atoms with Crippen molar-refractivity contribution in [1.82, 2.24) is 10.0 Å². The fourth-order valence-electron chi connectivity index (χ4n) is 1.88. The third-order valence-electron chi connectivity index (χ3n) is 2.88. The van der Waals surface area contributed by atoms with Gasteiger partial charge in [-0.3, -0.25) is 0 Å². The molecule has 0 radical (unpaired) electrons. The molecule has 1 aliphatic rings. The monoisotopic (exact) mass is 304 g/mol. The van der Waals surface area contributed by atoms with Gasteiger partial charge in [0.05, 0.1) is 10.6 Å². The van der Waals surface area contributed by atoms with Crippen LogP contribution in [0.1, 0.15) is 11.1 Å². The first kappa shape index (κ1) is 14.4. The molecule has 0 bridgehead atoms. The Morgan fingerprint density at radius 2 is 1.84 bits per heavy atom. The van der Waals surface area contributed by atoms with Crippen LogP contribution in [0, 0.1) is 0 Å². The molecule has 0 atom stereocenters. The van der Waals surface area contributed by atoms with Gasteiger partial charge in [-0.15, -0.1) is 0 Å². The smallest absolute Gasteiger partial charge is 0.240 e. The molecule has 1 aromatic rings. The van der Waals surface area contributed by atoms with Gasteiger partial charge in [-0.25, -0.2) is 21.6 Å². The van der Waals surface area contributed by atoms with Gasteiger partial charge in [0.2, 0.25) is 10.0 Å². The van der Waals surface area contributed by atoms with Gasteiger partial charge in [0.25, 0.3) is 0 Å². The van der Waals surface area contributed by atoms with E-state index >= 15 is 0 Å². The Morgan fingerprint density at radius 1 is 1.16 bits per heavy atom. The number of sulfonamides is 1. The summed E-state index contributed by atoms with van der Waals surface area (Å²) in [5.41, 5.74) is 2.06. The number of hydrogen-bond acceptors (Lipinski definition) is 5. The molecule has 0 amide bonds. The summed E-state index contributed by atoms with van der Waals surface area (Å²) < 4.78 is 48.2. The molecule has 1 aromatic carbocycles. The van der Waals surface area contributed by atoms with E-state index in [4.69, 9.17) is 0 Å². The fraction of sp³-hybridized carbons (Fsp3) is 0.455. The van der Waals surface area contributed by atoms with Crippen LogP contribution in [-0.2, 0) is 33.0 Å². The van der Waals surface area contributed by atoms with Crippen molar-refractivity contribution in [2.45, 2.75) is 18.0 Å². The van der Waals surface area contributed by atoms with Crippen LogP contribution in [0.5, 0.6) is 0 Å². The molecular formula is C11H16N2O4S2. The van der Waals surface area contributed by atoms with Crippen LogP contribution in [0.2, 0.25) is 0 Å². The number of fused-ring (bicyclic) bond motifs is 1. The molecule has 8 heteroatoms. The molecule has 0 saturated heterocycles. The fourth-order valence-corrected chi connectivity index (χ4v) is 3.57. The van der Waals surface area contributed by atoms with Crippen molar-refractivity contribution >= 4 is 19.9 Å². The van der Waals surface area contributed by atoms with Crippen molar-refractivity contribution in [3.05, 3.63) is 29.3 Å². The average Bonchev–Trinajstić information content (AvgIpc) is 2.73. The van der Waals surface area contributed by atoms with E-state index in [1.807, 2.05) is 0 Å². The van der Waals surface area contributed by atoms with Gasteiger partial charge in [-0.1, -0.05) is 6.07 Å². The van der Waals surface area contributed by atoms with E-state index in [9.17, 15) is 16.8 Å². The molecule has 106 valence electrons. The summed E-state index contributed by atoms with van der Waals surface area (Å²) in [5.74, 6) is -0.210. The first-order valence-corrected chi connectivity index (χ1v) is 9.32. The number of nitrogens with one attached hydrogen (secondary N) is 2. The van der Waals surface area contributed by atoms with Crippen LogP contribution in [0.15, 0.2) is 23.1 Å². The topological polar surface area (TPSA) is 92.3 Å². The Bertz CT molecular complexity index is 681. The zero-order chi connectivity index (χ0) is 14.1. The van der Waals surface area contributed by atoms with Crippen molar-refractivity contribution in [1.29, 1.82) is 0 Å². The molecule has 19 heavy (non-hydrogen) atoms. The highest BCUT2D eigenvalue weighted by molar-refractivity contribution is 7.91. The average molecular weight is 304 g/mol. The lowest BCUT2D eigenvalue weighted by Gasteiger charge is -2.07. The molecule has 1 heterocycles. The first-order chi connectivity index (χ1) is 8.78. The number of hydrogen-bond donors (Lipinski definition) is 2. The van der Waals surface area contributed by atoms with E-state index in [1.54, 1.807) is 12.1 Å². The van der Waals surface area contributed by atoms with Gasteiger partial charge in [0.15, 0.2) is 0 Å². The quantitative estimate of drug-likeness (QED) is 0.773. The maximum Gasteiger partial charge on any atom is 0.240 e. The number of sulfone groups is 1. The molecule has 2 N–H and O–H groups in total. The molecule has 0 unspecified atom stereocenters. The zero-order valence-corrected chi connectivity index (χ0v) is 12.1. The molecule has 0 spiro atoms. The minimum absolute atomic E-state index is 0.115. The second kappa shape index (κ2) is 5.20. The van der Waals surface area contributed by atoms with Crippen molar-refractivity contribution in [2.75, 3.05) is 18.6 Å². The SMILES string of the molecule is CS(=O)(=O)CCNS(=O)(=O)c1ccc2c(c1)CNC2. The minimum atomic E-state index is -3.65. The normalized spacial score (nSPS) is 15.4. The lowest BCUT2D eigenvalue weighted by atomic mass is 10.1. The minimum Gasteiger partial charge on any atom is -0.309 e. The van der Waals surface area contributed by atoms with Gasteiger partial charge >= 0.3 is 0 Å². The highest BCUT2D eigenvalue weighted by atomic mass is 32.2. The Labute approximate surface area is 113 Å². The highest BCUT2D eigenvalue weighted by Gasteiger charge is 2.18. The van der Waals surface area contributed by atoms with E-state index in [0.717, 1.165) is 23.9 Å². The molecule has 0 saturated carbocycles. The van der Waals surface area contributed by atoms with Crippen LogP contribution < -0.4 is 10.0 Å². The second-order valence-electron chi connectivity index (χ2n) is 4.56. The summed E-state index contributed by atoms with van der Waals surface area (Å²) in [6, 6.07) is 4.94. The van der Waals surface area contributed by atoms with Crippen LogP contribution in [0.4, 0.5) is 0 Å². The lowest BCUT2D eigenvalue weighted by Crippen LogP contribution is -2.29. The van der Waals surface area contributed by atoms with Gasteiger partial charge < -0.3 is 5.32 Å². The maximum atomic E-state index is 12.0. The third-order valence-corrected chi connectivity index (χ3v) is 5.29. The molecule has 0 aliphatic carbocycles. The van der Waals surface area contributed by atoms with E-state index in [2.05, 4.69) is 10.0 Å². The van der Waals surface area contributed by atoms with E-state index in [1.165, 1.54) is 6.07 Å². The summed E-state index contributed by atoms with van der Waals surface area (Å²) in [7, 11) is -6.82. The molecular weight excluding hydrogens is 288 g/mol. The van der Waals surface area contributed by atoms with Gasteiger partial charge in [-0.05, 0) is 23.3 Å². The number of benzene rings is 1. The van der Waals surface area contributed by atoms with Gasteiger partial charge in [-0.2, -0.15) is 0 Å². The largest absolute Gasteiger partial charge is 0.309 e. The lowest BCUT2D eigenvalue weighted by molar-refractivity contribution is 0.582. The predicted octanol–water partition coefficient (Wildman–Crippen LogP) is -0.387. The Kier molecular flexibility index (Phi) is 3.95. The molecule has 0 fully saturated rings. The zero-order valence-electron chi connectivity index (χ0n) is 10.5. The van der Waals surface area contributed by atoms with Gasteiger partial charge in [0.1, 0.15) is 9.84 Å². The standard InChI is InChI=1S/C11H16N2O4S2/c1-18(14,15)5-4-13-19(16,17)11-3-2-9-7-12-8-10(9)6-11/h2-3,6,12-13H,4-5,7-8H2,1H3. The van der Waals surface area contributed by atoms with Crippen LogP contribution >= 0.6 is 0 Å². The highest BCUT2D eigenvalue weighted by Crippen LogP contribution is 2.19. The summed E-state index contributed by atoms with van der Waals surface area (Å²) in [4.78, 5) is 0.170. The summed E-state index contributed by atoms with van der Waals surface area (Å²) in [6.45, 7) is 1.29. The first-order valence-electron chi connectivity index (χ1n) is 5.78. The van der Waals surface area contributed by atoms with Crippen molar-refractivity contribution in [3.63, 3.8) is 0 Å². The van der Waals surface area contributed by atoms with Crippen LogP contribution in [0.25, 0.3) is 0 Å². The van der Waals surface area contributed by atoms with E-state index < -0.39 is 19.9 Å². The van der Waals surface area contributed by atoms with E-state index in [0.29, 0.717) is 6.54 Å². The maximum absolute atomic E-state index is 12.0. The predicted molar refractivity (Wildman–Crippen MR) is 71.9 cm³/mol. The van der Waals surface area contributed by atoms with E-state index in [-0.39, 0.29) is 17.2 Å². The Balaban J connectivity index is 2.12. The van der Waals surface area contributed by atoms with Crippen molar-refractivity contribution in [2.24, 2.45) is 0 Å². The van der Waals surface area contributed by atoms with Gasteiger partial charge in [0, 0.05) is 25.9 Å². The summed E-state index contributed by atoms with van der Waals surface area (Å²) in [5, 5.41) is 3.13. The van der Waals surface area contributed by atoms with Crippen molar-refractivity contribution < 1.29 is 16.8 Å². The second-order valence-corrected chi connectivity index (χ2v) is 8.59. The molecule has 1 aliphatic heterocycles. The third kappa shape index (κ3) is 3.75. The molecule has 2 rings (SSSR count). The summed E-state index contributed by atoms with van der Waals surface area (Å²) in [6.07, 6.45) is 1.07. The van der Waals surface area contributed by atoms with Crippen molar-refractivity contribution in [3.8, 4) is 0 Å².